The third kappa shape index (κ3) is 14.1. The van der Waals surface area contributed by atoms with Gasteiger partial charge in [0.25, 0.3) is 0 Å². The summed E-state index contributed by atoms with van der Waals surface area (Å²) in [6, 6.07) is 9.94. The molecule has 0 fully saturated rings. The SMILES string of the molecule is CCCCCCCCCCCCCC/C(C[N+](=O)[O-])=N/Cc1ccccc1. The summed E-state index contributed by atoms with van der Waals surface area (Å²) in [6.07, 6.45) is 16.4. The first-order valence-corrected chi connectivity index (χ1v) is 10.9. The number of rotatable bonds is 17. The van der Waals surface area contributed by atoms with Gasteiger partial charge in [-0.1, -0.05) is 108 Å². The van der Waals surface area contributed by atoms with Crippen molar-refractivity contribution in [3.8, 4) is 0 Å². The molecule has 4 heteroatoms. The Hall–Kier alpha value is -1.71. The van der Waals surface area contributed by atoms with Crippen LogP contribution < -0.4 is 0 Å². The highest BCUT2D eigenvalue weighted by Crippen LogP contribution is 2.13. The zero-order valence-corrected chi connectivity index (χ0v) is 17.2. The first-order chi connectivity index (χ1) is 13.2. The van der Waals surface area contributed by atoms with Crippen LogP contribution in [0.3, 0.4) is 0 Å². The zero-order valence-electron chi connectivity index (χ0n) is 17.2. The molecule has 0 aliphatic rings. The van der Waals surface area contributed by atoms with Gasteiger partial charge in [-0.3, -0.25) is 15.1 Å². The highest BCUT2D eigenvalue weighted by atomic mass is 16.6. The standard InChI is InChI=1S/C23H38N2O2/c1-2-3-4-5-6-7-8-9-10-11-12-16-19-23(21-25(26)27)24-20-22-17-14-13-15-18-22/h13-15,17-18H,2-12,16,19-21H2,1H3/b24-23-. The summed E-state index contributed by atoms with van der Waals surface area (Å²) in [5, 5.41) is 10.9. The van der Waals surface area contributed by atoms with Crippen LogP contribution in [0.1, 0.15) is 96.0 Å². The molecule has 0 radical (unpaired) electrons. The van der Waals surface area contributed by atoms with E-state index in [1.54, 1.807) is 0 Å². The number of unbranched alkanes of at least 4 members (excludes halogenated alkanes) is 11. The maximum atomic E-state index is 10.9. The fourth-order valence-electron chi connectivity index (χ4n) is 3.31. The molecule has 0 aliphatic heterocycles. The molecule has 27 heavy (non-hydrogen) atoms. The Bertz CT molecular complexity index is 514. The molecule has 1 aromatic carbocycles. The second-order valence-electron chi connectivity index (χ2n) is 7.50. The smallest absolute Gasteiger partial charge is 0.241 e. The first-order valence-electron chi connectivity index (χ1n) is 10.9. The Morgan fingerprint density at radius 2 is 1.37 bits per heavy atom. The van der Waals surface area contributed by atoms with Crippen LogP contribution in [-0.4, -0.2) is 17.2 Å². The molecule has 0 bridgehead atoms. The van der Waals surface area contributed by atoms with Gasteiger partial charge in [0.2, 0.25) is 6.54 Å². The Balaban J connectivity index is 2.09. The predicted octanol–water partition coefficient (Wildman–Crippen LogP) is 7.00. The molecule has 0 aromatic heterocycles. The van der Waals surface area contributed by atoms with Gasteiger partial charge in [-0.2, -0.15) is 0 Å². The van der Waals surface area contributed by atoms with Gasteiger partial charge < -0.3 is 0 Å². The minimum atomic E-state index is -0.260. The lowest BCUT2D eigenvalue weighted by Gasteiger charge is -2.05. The van der Waals surface area contributed by atoms with E-state index >= 15 is 0 Å². The molecule has 0 unspecified atom stereocenters. The van der Waals surface area contributed by atoms with Crippen molar-refractivity contribution in [3.63, 3.8) is 0 Å². The highest BCUT2D eigenvalue weighted by Gasteiger charge is 2.07. The van der Waals surface area contributed by atoms with Crippen molar-refractivity contribution in [2.75, 3.05) is 6.54 Å². The van der Waals surface area contributed by atoms with Crippen LogP contribution >= 0.6 is 0 Å². The van der Waals surface area contributed by atoms with Crippen molar-refractivity contribution in [1.82, 2.24) is 0 Å². The van der Waals surface area contributed by atoms with Crippen molar-refractivity contribution in [2.24, 2.45) is 4.99 Å². The van der Waals surface area contributed by atoms with E-state index in [1.807, 2.05) is 30.3 Å². The highest BCUT2D eigenvalue weighted by molar-refractivity contribution is 5.85. The molecule has 4 nitrogen and oxygen atoms in total. The van der Waals surface area contributed by atoms with Crippen LogP contribution in [0.5, 0.6) is 0 Å². The van der Waals surface area contributed by atoms with Gasteiger partial charge in [0.15, 0.2) is 0 Å². The molecule has 1 rings (SSSR count). The second kappa shape index (κ2) is 16.5. The van der Waals surface area contributed by atoms with E-state index in [0.29, 0.717) is 6.54 Å². The number of nitrogens with zero attached hydrogens (tertiary/aromatic N) is 2. The fourth-order valence-corrected chi connectivity index (χ4v) is 3.31. The van der Waals surface area contributed by atoms with Crippen molar-refractivity contribution < 1.29 is 4.92 Å². The summed E-state index contributed by atoms with van der Waals surface area (Å²) < 4.78 is 0. The van der Waals surface area contributed by atoms with E-state index < -0.39 is 0 Å². The van der Waals surface area contributed by atoms with Gasteiger partial charge in [0, 0.05) is 4.92 Å². The van der Waals surface area contributed by atoms with Gasteiger partial charge in [-0.25, -0.2) is 0 Å². The normalized spacial score (nSPS) is 11.7. The average molecular weight is 375 g/mol. The fraction of sp³-hybridized carbons (Fsp3) is 0.696. The van der Waals surface area contributed by atoms with Gasteiger partial charge in [-0.05, 0) is 18.4 Å². The van der Waals surface area contributed by atoms with Gasteiger partial charge in [0.05, 0.1) is 12.3 Å². The average Bonchev–Trinajstić information content (AvgIpc) is 2.67. The Labute approximate surface area is 165 Å². The van der Waals surface area contributed by atoms with Crippen LogP contribution in [0.15, 0.2) is 35.3 Å². The van der Waals surface area contributed by atoms with Crippen LogP contribution in [-0.2, 0) is 6.54 Å². The molecular weight excluding hydrogens is 336 g/mol. The van der Waals surface area contributed by atoms with E-state index in [2.05, 4.69) is 11.9 Å². The summed E-state index contributed by atoms with van der Waals surface area (Å²) in [6.45, 7) is 2.68. The van der Waals surface area contributed by atoms with E-state index in [4.69, 9.17) is 0 Å². The second-order valence-corrected chi connectivity index (χ2v) is 7.50. The molecule has 1 aromatic rings. The first kappa shape index (κ1) is 23.3. The molecule has 0 heterocycles. The predicted molar refractivity (Wildman–Crippen MR) is 115 cm³/mol. The van der Waals surface area contributed by atoms with E-state index in [-0.39, 0.29) is 11.5 Å². The number of aliphatic imine (C=N–C) groups is 1. The summed E-state index contributed by atoms with van der Waals surface area (Å²) in [5.74, 6) is 0. The Morgan fingerprint density at radius 3 is 1.89 bits per heavy atom. The van der Waals surface area contributed by atoms with Crippen molar-refractivity contribution in [2.45, 2.75) is 96.9 Å². The van der Waals surface area contributed by atoms with Crippen molar-refractivity contribution >= 4 is 5.71 Å². The van der Waals surface area contributed by atoms with E-state index in [1.165, 1.54) is 64.2 Å². The maximum absolute atomic E-state index is 10.9. The molecule has 152 valence electrons. The third-order valence-electron chi connectivity index (χ3n) is 4.96. The topological polar surface area (TPSA) is 55.5 Å². The molecule has 0 amide bonds. The Morgan fingerprint density at radius 1 is 0.852 bits per heavy atom. The third-order valence-corrected chi connectivity index (χ3v) is 4.96. The number of hydrogen-bond donors (Lipinski definition) is 0. The van der Waals surface area contributed by atoms with Gasteiger partial charge in [0.1, 0.15) is 0 Å². The molecule has 0 N–H and O–H groups in total. The molecular formula is C23H38N2O2. The van der Waals surface area contributed by atoms with E-state index in [0.717, 1.165) is 30.5 Å². The van der Waals surface area contributed by atoms with Crippen molar-refractivity contribution in [1.29, 1.82) is 0 Å². The summed E-state index contributed by atoms with van der Waals surface area (Å²) in [7, 11) is 0. The largest absolute Gasteiger partial charge is 0.283 e. The molecule has 0 saturated carbocycles. The van der Waals surface area contributed by atoms with Crippen LogP contribution in [0, 0.1) is 10.1 Å². The number of benzene rings is 1. The number of hydrogen-bond acceptors (Lipinski definition) is 3. The van der Waals surface area contributed by atoms with Crippen molar-refractivity contribution in [3.05, 3.63) is 46.0 Å². The minimum absolute atomic E-state index is 0.120. The lowest BCUT2D eigenvalue weighted by molar-refractivity contribution is -0.463. The van der Waals surface area contributed by atoms with Crippen LogP contribution in [0.4, 0.5) is 0 Å². The van der Waals surface area contributed by atoms with Crippen LogP contribution in [0.25, 0.3) is 0 Å². The summed E-state index contributed by atoms with van der Waals surface area (Å²) in [5.41, 5.74) is 1.84. The summed E-state index contributed by atoms with van der Waals surface area (Å²) >= 11 is 0. The lowest BCUT2D eigenvalue weighted by atomic mass is 10.0. The molecule has 0 atom stereocenters. The zero-order chi connectivity index (χ0) is 19.6. The lowest BCUT2D eigenvalue weighted by Crippen LogP contribution is -2.14. The maximum Gasteiger partial charge on any atom is 0.241 e. The quantitative estimate of drug-likeness (QED) is 0.128. The van der Waals surface area contributed by atoms with Gasteiger partial charge >= 0.3 is 0 Å². The minimum Gasteiger partial charge on any atom is -0.283 e. The summed E-state index contributed by atoms with van der Waals surface area (Å²) in [4.78, 5) is 15.1. The van der Waals surface area contributed by atoms with Gasteiger partial charge in [-0.15, -0.1) is 0 Å². The number of nitro groups is 1. The molecule has 0 saturated heterocycles. The van der Waals surface area contributed by atoms with Crippen LogP contribution in [0.2, 0.25) is 0 Å². The van der Waals surface area contributed by atoms with E-state index in [9.17, 15) is 10.1 Å². The Kier molecular flexibility index (Phi) is 14.2. The monoisotopic (exact) mass is 374 g/mol. The molecule has 0 aliphatic carbocycles. The molecule has 0 spiro atoms.